The Morgan fingerprint density at radius 3 is 3.00 bits per heavy atom. The predicted molar refractivity (Wildman–Crippen MR) is 84.5 cm³/mol. The molecule has 1 aromatic heterocycles. The molecule has 0 amide bonds. The molecular weight excluding hydrogens is 364 g/mol. The average molecular weight is 383 g/mol. The van der Waals surface area contributed by atoms with Crippen molar-refractivity contribution in [1.82, 2.24) is 10.0 Å². The molecule has 0 aliphatic carbocycles. The Labute approximate surface area is 132 Å². The molecule has 0 spiro atoms. The molecule has 1 aliphatic heterocycles. The quantitative estimate of drug-likeness (QED) is 0.789. The summed E-state index contributed by atoms with van der Waals surface area (Å²) in [5, 5.41) is 3.10. The maximum absolute atomic E-state index is 12.4. The normalized spacial score (nSPS) is 20.2. The van der Waals surface area contributed by atoms with Gasteiger partial charge in [0.2, 0.25) is 10.0 Å². The minimum atomic E-state index is -3.53. The second kappa shape index (κ2) is 7.31. The fourth-order valence-electron chi connectivity index (χ4n) is 2.03. The summed E-state index contributed by atoms with van der Waals surface area (Å²) in [7, 11) is -3.53. The van der Waals surface area contributed by atoms with Crippen molar-refractivity contribution in [1.29, 1.82) is 0 Å². The van der Waals surface area contributed by atoms with E-state index in [2.05, 4.69) is 26.0 Å². The van der Waals surface area contributed by atoms with Crippen LogP contribution in [-0.2, 0) is 16.6 Å². The van der Waals surface area contributed by atoms with Gasteiger partial charge in [0.05, 0.1) is 6.54 Å². The number of rotatable bonds is 6. The second-order valence-corrected chi connectivity index (χ2v) is 8.22. The molecule has 1 atom stereocenters. The van der Waals surface area contributed by atoms with Crippen LogP contribution in [-0.4, -0.2) is 32.5 Å². The summed E-state index contributed by atoms with van der Waals surface area (Å²) in [6.07, 6.45) is 1.95. The van der Waals surface area contributed by atoms with E-state index in [1.54, 1.807) is 17.8 Å². The van der Waals surface area contributed by atoms with Crippen LogP contribution >= 0.6 is 27.7 Å². The zero-order valence-electron chi connectivity index (χ0n) is 11.3. The van der Waals surface area contributed by atoms with E-state index < -0.39 is 10.0 Å². The fourth-order valence-corrected chi connectivity index (χ4v) is 5.48. The van der Waals surface area contributed by atoms with Crippen LogP contribution in [0.3, 0.4) is 0 Å². The third-order valence-electron chi connectivity index (χ3n) is 3.03. The van der Waals surface area contributed by atoms with Gasteiger partial charge in [0.1, 0.15) is 10.7 Å². The molecule has 1 aliphatic rings. The highest BCUT2D eigenvalue weighted by Crippen LogP contribution is 2.27. The topological polar surface area (TPSA) is 71.3 Å². The van der Waals surface area contributed by atoms with Gasteiger partial charge in [0, 0.05) is 17.9 Å². The highest BCUT2D eigenvalue weighted by atomic mass is 79.9. The minimum absolute atomic E-state index is 0.0118. The molecule has 114 valence electrons. The van der Waals surface area contributed by atoms with Crippen LogP contribution in [0.2, 0.25) is 0 Å². The van der Waals surface area contributed by atoms with Crippen molar-refractivity contribution in [3.05, 3.63) is 16.5 Å². The highest BCUT2D eigenvalue weighted by molar-refractivity contribution is 9.10. The van der Waals surface area contributed by atoms with Gasteiger partial charge >= 0.3 is 0 Å². The van der Waals surface area contributed by atoms with Gasteiger partial charge in [-0.15, -0.1) is 0 Å². The summed E-state index contributed by atoms with van der Waals surface area (Å²) in [4.78, 5) is 0.181. The van der Waals surface area contributed by atoms with Crippen molar-refractivity contribution < 1.29 is 12.8 Å². The second-order valence-electron chi connectivity index (χ2n) is 4.67. The van der Waals surface area contributed by atoms with Crippen molar-refractivity contribution in [2.45, 2.75) is 37.2 Å². The SMILES string of the molecule is CCNCc1cc(S(=O)(=O)NC2CCCSC2)c(Br)o1. The summed E-state index contributed by atoms with van der Waals surface area (Å²) in [5.74, 6) is 2.55. The molecule has 8 heteroatoms. The van der Waals surface area contributed by atoms with Gasteiger partial charge in [-0.05, 0) is 41.1 Å². The van der Waals surface area contributed by atoms with E-state index in [-0.39, 0.29) is 15.6 Å². The van der Waals surface area contributed by atoms with Crippen LogP contribution < -0.4 is 10.0 Å². The standard InChI is InChI=1S/C12H19BrN2O3S2/c1-2-14-7-10-6-11(12(13)18-10)20(16,17)15-9-4-3-5-19-8-9/h6,9,14-15H,2-5,7-8H2,1H3. The molecule has 0 bridgehead atoms. The number of nitrogens with one attached hydrogen (secondary N) is 2. The summed E-state index contributed by atoms with van der Waals surface area (Å²) < 4.78 is 33.2. The third-order valence-corrected chi connectivity index (χ3v) is 6.62. The zero-order valence-corrected chi connectivity index (χ0v) is 14.5. The van der Waals surface area contributed by atoms with Crippen LogP contribution in [0.1, 0.15) is 25.5 Å². The molecule has 0 saturated carbocycles. The number of halogens is 1. The molecule has 2 rings (SSSR count). The number of hydrogen-bond acceptors (Lipinski definition) is 5. The van der Waals surface area contributed by atoms with Gasteiger partial charge in [-0.3, -0.25) is 0 Å². The van der Waals surface area contributed by atoms with Gasteiger partial charge in [-0.1, -0.05) is 6.92 Å². The van der Waals surface area contributed by atoms with E-state index >= 15 is 0 Å². The van der Waals surface area contributed by atoms with Crippen molar-refractivity contribution in [2.75, 3.05) is 18.1 Å². The largest absolute Gasteiger partial charge is 0.452 e. The Morgan fingerprint density at radius 2 is 2.35 bits per heavy atom. The summed E-state index contributed by atoms with van der Waals surface area (Å²) in [6.45, 7) is 3.31. The highest BCUT2D eigenvalue weighted by Gasteiger charge is 2.26. The van der Waals surface area contributed by atoms with Crippen molar-refractivity contribution in [2.24, 2.45) is 0 Å². The molecular formula is C12H19BrN2O3S2. The molecule has 1 fully saturated rings. The average Bonchev–Trinajstić information content (AvgIpc) is 2.79. The Balaban J connectivity index is 2.09. The van der Waals surface area contributed by atoms with Crippen LogP contribution in [0.5, 0.6) is 0 Å². The molecule has 5 nitrogen and oxygen atoms in total. The summed E-state index contributed by atoms with van der Waals surface area (Å²) in [6, 6.07) is 1.59. The van der Waals surface area contributed by atoms with Gasteiger partial charge in [-0.2, -0.15) is 11.8 Å². The first-order chi connectivity index (χ1) is 9.53. The molecule has 2 heterocycles. The van der Waals surface area contributed by atoms with E-state index in [4.69, 9.17) is 4.42 Å². The maximum Gasteiger partial charge on any atom is 0.245 e. The first kappa shape index (κ1) is 16.4. The lowest BCUT2D eigenvalue weighted by atomic mass is 10.2. The zero-order chi connectivity index (χ0) is 14.6. The number of furan rings is 1. The Kier molecular flexibility index (Phi) is 5.97. The smallest absolute Gasteiger partial charge is 0.245 e. The van der Waals surface area contributed by atoms with E-state index in [9.17, 15) is 8.42 Å². The third kappa shape index (κ3) is 4.24. The fraction of sp³-hybridized carbons (Fsp3) is 0.667. The summed E-state index contributed by atoms with van der Waals surface area (Å²) >= 11 is 4.98. The monoisotopic (exact) mass is 382 g/mol. The van der Waals surface area contributed by atoms with Gasteiger partial charge < -0.3 is 9.73 Å². The lowest BCUT2D eigenvalue weighted by Gasteiger charge is -2.21. The lowest BCUT2D eigenvalue weighted by Crippen LogP contribution is -2.38. The Morgan fingerprint density at radius 1 is 1.55 bits per heavy atom. The minimum Gasteiger partial charge on any atom is -0.452 e. The lowest BCUT2D eigenvalue weighted by molar-refractivity contribution is 0.463. The van der Waals surface area contributed by atoms with Crippen LogP contribution in [0.25, 0.3) is 0 Å². The molecule has 1 aromatic rings. The van der Waals surface area contributed by atoms with Crippen molar-refractivity contribution in [3.63, 3.8) is 0 Å². The first-order valence-electron chi connectivity index (χ1n) is 6.62. The number of thioether (sulfide) groups is 1. The van der Waals surface area contributed by atoms with Crippen molar-refractivity contribution >= 4 is 37.7 Å². The van der Waals surface area contributed by atoms with Crippen LogP contribution in [0, 0.1) is 0 Å². The van der Waals surface area contributed by atoms with Gasteiger partial charge in [-0.25, -0.2) is 13.1 Å². The van der Waals surface area contributed by atoms with Crippen molar-refractivity contribution in [3.8, 4) is 0 Å². The molecule has 0 aromatic carbocycles. The molecule has 1 unspecified atom stereocenters. The molecule has 20 heavy (non-hydrogen) atoms. The van der Waals surface area contributed by atoms with Gasteiger partial charge in [0.15, 0.2) is 4.67 Å². The van der Waals surface area contributed by atoms with Crippen LogP contribution in [0.4, 0.5) is 0 Å². The van der Waals surface area contributed by atoms with Crippen LogP contribution in [0.15, 0.2) is 20.0 Å². The Hall–Kier alpha value is -0.0200. The molecule has 0 radical (unpaired) electrons. The maximum atomic E-state index is 12.4. The number of hydrogen-bond donors (Lipinski definition) is 2. The molecule has 2 N–H and O–H groups in total. The van der Waals surface area contributed by atoms with E-state index in [0.29, 0.717) is 12.3 Å². The van der Waals surface area contributed by atoms with E-state index in [0.717, 1.165) is 30.9 Å². The van der Waals surface area contributed by atoms with E-state index in [1.807, 2.05) is 6.92 Å². The predicted octanol–water partition coefficient (Wildman–Crippen LogP) is 2.33. The Bertz CT molecular complexity index is 539. The van der Waals surface area contributed by atoms with Gasteiger partial charge in [0.25, 0.3) is 0 Å². The first-order valence-corrected chi connectivity index (χ1v) is 10.0. The van der Waals surface area contributed by atoms with E-state index in [1.165, 1.54) is 0 Å². The molecule has 1 saturated heterocycles. The summed E-state index contributed by atoms with van der Waals surface area (Å²) in [5.41, 5.74) is 0. The number of sulfonamides is 1.